The van der Waals surface area contributed by atoms with E-state index in [1.807, 2.05) is 0 Å². The van der Waals surface area contributed by atoms with Crippen LogP contribution in [-0.4, -0.2) is 31.3 Å². The molecular formula is C16H12FN5O5. The first-order chi connectivity index (χ1) is 12.9. The Kier molecular flexibility index (Phi) is 4.75. The first-order valence-electron chi connectivity index (χ1n) is 7.55. The highest BCUT2D eigenvalue weighted by molar-refractivity contribution is 5.87. The third-order valence-electron chi connectivity index (χ3n) is 3.72. The molecule has 0 aliphatic carbocycles. The summed E-state index contributed by atoms with van der Waals surface area (Å²) in [7, 11) is 0. The topological polar surface area (TPSA) is 144 Å². The van der Waals surface area contributed by atoms with Crippen LogP contribution in [0.25, 0.3) is 0 Å². The number of nitro groups is 1. The number of rotatable bonds is 5. The molecule has 1 atom stereocenters. The highest BCUT2D eigenvalue weighted by Gasteiger charge is 2.31. The average molecular weight is 373 g/mol. The van der Waals surface area contributed by atoms with Gasteiger partial charge in [-0.15, -0.1) is 10.2 Å². The minimum atomic E-state index is -1.64. The van der Waals surface area contributed by atoms with Crippen LogP contribution in [0, 0.1) is 22.9 Å². The summed E-state index contributed by atoms with van der Waals surface area (Å²) in [6.07, 6.45) is 1.32. The number of nitrogens with zero attached hydrogens (tertiary/aromatic N) is 4. The number of hydrogen-bond donors (Lipinski definition) is 2. The molecule has 27 heavy (non-hydrogen) atoms. The van der Waals surface area contributed by atoms with E-state index in [-0.39, 0.29) is 17.3 Å². The van der Waals surface area contributed by atoms with Gasteiger partial charge in [-0.2, -0.15) is 0 Å². The minimum absolute atomic E-state index is 0.0488. The second-order valence-electron chi connectivity index (χ2n) is 5.42. The zero-order valence-corrected chi connectivity index (χ0v) is 13.8. The molecule has 2 aromatic heterocycles. The lowest BCUT2D eigenvalue weighted by molar-refractivity contribution is -0.384. The van der Waals surface area contributed by atoms with Gasteiger partial charge in [0.05, 0.1) is 10.8 Å². The molecule has 1 aromatic carbocycles. The van der Waals surface area contributed by atoms with Crippen molar-refractivity contribution in [1.82, 2.24) is 15.2 Å². The molecule has 0 radical (unpaired) electrons. The van der Waals surface area contributed by atoms with Gasteiger partial charge in [0.15, 0.2) is 11.5 Å². The largest absolute Gasteiger partial charge is 0.465 e. The standard InChI is InChI=1S/C16H12FN5O5/c1-8-20-21-15(27-8)12(9-4-6-18-7-5-9)10-2-3-11(22(25)26)14(13(10)17)19-16(23)24/h2-7,12,19H,1H3,(H,23,24). The monoisotopic (exact) mass is 373 g/mol. The van der Waals surface area contributed by atoms with Gasteiger partial charge in [-0.05, 0) is 23.8 Å². The smallest absolute Gasteiger partial charge is 0.409 e. The molecular weight excluding hydrogens is 361 g/mol. The summed E-state index contributed by atoms with van der Waals surface area (Å²) in [5, 5.41) is 29.4. The lowest BCUT2D eigenvalue weighted by atomic mass is 9.90. The van der Waals surface area contributed by atoms with Crippen molar-refractivity contribution in [2.75, 3.05) is 5.32 Å². The number of carbonyl (C=O) groups is 1. The number of benzene rings is 1. The number of nitro benzene ring substituents is 1. The van der Waals surface area contributed by atoms with E-state index in [1.54, 1.807) is 24.4 Å². The number of aryl methyl sites for hydroxylation is 1. The molecule has 0 saturated carbocycles. The van der Waals surface area contributed by atoms with E-state index in [9.17, 15) is 14.9 Å². The molecule has 11 heteroatoms. The second-order valence-corrected chi connectivity index (χ2v) is 5.42. The lowest BCUT2D eigenvalue weighted by Crippen LogP contribution is -2.14. The van der Waals surface area contributed by atoms with Gasteiger partial charge in [-0.1, -0.05) is 0 Å². The molecule has 3 rings (SSSR count). The van der Waals surface area contributed by atoms with Crippen LogP contribution in [0.1, 0.15) is 28.8 Å². The molecule has 1 unspecified atom stereocenters. The van der Waals surface area contributed by atoms with Gasteiger partial charge in [0.25, 0.3) is 5.69 Å². The maximum atomic E-state index is 15.1. The molecule has 10 nitrogen and oxygen atoms in total. The fourth-order valence-corrected chi connectivity index (χ4v) is 2.62. The summed E-state index contributed by atoms with van der Waals surface area (Å²) >= 11 is 0. The second kappa shape index (κ2) is 7.15. The predicted octanol–water partition coefficient (Wildman–Crippen LogP) is 3.09. The number of pyridine rings is 1. The van der Waals surface area contributed by atoms with Gasteiger partial charge in [-0.25, -0.2) is 9.18 Å². The molecule has 0 saturated heterocycles. The minimum Gasteiger partial charge on any atom is -0.465 e. The van der Waals surface area contributed by atoms with Crippen molar-refractivity contribution in [3.05, 3.63) is 75.5 Å². The molecule has 3 aromatic rings. The van der Waals surface area contributed by atoms with Gasteiger partial charge >= 0.3 is 6.09 Å². The summed E-state index contributed by atoms with van der Waals surface area (Å²) in [6, 6.07) is 5.39. The van der Waals surface area contributed by atoms with E-state index in [1.165, 1.54) is 18.5 Å². The van der Waals surface area contributed by atoms with Crippen molar-refractivity contribution in [3.8, 4) is 0 Å². The van der Waals surface area contributed by atoms with E-state index >= 15 is 4.39 Å². The summed E-state index contributed by atoms with van der Waals surface area (Å²) < 4.78 is 20.6. The highest BCUT2D eigenvalue weighted by Crippen LogP contribution is 2.38. The fraction of sp³-hybridized carbons (Fsp3) is 0.125. The zero-order chi connectivity index (χ0) is 19.6. The summed E-state index contributed by atoms with van der Waals surface area (Å²) in [6.45, 7) is 1.56. The lowest BCUT2D eigenvalue weighted by Gasteiger charge is -2.16. The van der Waals surface area contributed by atoms with Crippen LogP contribution < -0.4 is 5.32 Å². The Balaban J connectivity index is 2.23. The SMILES string of the molecule is Cc1nnc(C(c2ccncc2)c2ccc([N+](=O)[O-])c(NC(=O)O)c2F)o1. The van der Waals surface area contributed by atoms with Crippen molar-refractivity contribution in [2.45, 2.75) is 12.8 Å². The van der Waals surface area contributed by atoms with Gasteiger partial charge in [0, 0.05) is 30.9 Å². The molecule has 1 amide bonds. The summed E-state index contributed by atoms with van der Waals surface area (Å²) in [5.74, 6) is -1.73. The Morgan fingerprint density at radius 1 is 1.30 bits per heavy atom. The highest BCUT2D eigenvalue weighted by atomic mass is 19.1. The maximum Gasteiger partial charge on any atom is 0.409 e. The van der Waals surface area contributed by atoms with Crippen molar-refractivity contribution >= 4 is 17.5 Å². The number of aromatic nitrogens is 3. The van der Waals surface area contributed by atoms with Crippen LogP contribution in [-0.2, 0) is 0 Å². The summed E-state index contributed by atoms with van der Waals surface area (Å²) in [5.41, 5.74) is -1.02. The Bertz CT molecular complexity index is 1010. The van der Waals surface area contributed by atoms with Crippen LogP contribution in [0.3, 0.4) is 0 Å². The third kappa shape index (κ3) is 3.56. The van der Waals surface area contributed by atoms with E-state index in [4.69, 9.17) is 9.52 Å². The molecule has 0 fully saturated rings. The number of hydrogen-bond acceptors (Lipinski definition) is 7. The van der Waals surface area contributed by atoms with Crippen LogP contribution in [0.4, 0.5) is 20.6 Å². The van der Waals surface area contributed by atoms with Crippen LogP contribution in [0.15, 0.2) is 41.1 Å². The first kappa shape index (κ1) is 17.9. The zero-order valence-electron chi connectivity index (χ0n) is 13.8. The van der Waals surface area contributed by atoms with Crippen LogP contribution in [0.5, 0.6) is 0 Å². The number of nitrogens with one attached hydrogen (secondary N) is 1. The molecule has 0 bridgehead atoms. The van der Waals surface area contributed by atoms with E-state index in [0.29, 0.717) is 5.56 Å². The Morgan fingerprint density at radius 2 is 2.00 bits per heavy atom. The molecule has 0 spiro atoms. The number of halogens is 1. The van der Waals surface area contributed by atoms with Crippen LogP contribution in [0.2, 0.25) is 0 Å². The number of carboxylic acid groups (broad SMARTS) is 1. The van der Waals surface area contributed by atoms with E-state index in [0.717, 1.165) is 6.07 Å². The van der Waals surface area contributed by atoms with Crippen molar-refractivity contribution in [1.29, 1.82) is 0 Å². The van der Waals surface area contributed by atoms with Gasteiger partial charge in [0.2, 0.25) is 11.8 Å². The number of anilines is 1. The maximum absolute atomic E-state index is 15.1. The van der Waals surface area contributed by atoms with Gasteiger partial charge in [-0.3, -0.25) is 20.4 Å². The molecule has 0 aliphatic heterocycles. The van der Waals surface area contributed by atoms with Crippen LogP contribution >= 0.6 is 0 Å². The molecule has 138 valence electrons. The van der Waals surface area contributed by atoms with Gasteiger partial charge in [0.1, 0.15) is 0 Å². The van der Waals surface area contributed by atoms with Gasteiger partial charge < -0.3 is 9.52 Å². The van der Waals surface area contributed by atoms with Crippen molar-refractivity contribution in [3.63, 3.8) is 0 Å². The molecule has 0 aliphatic rings. The van der Waals surface area contributed by atoms with E-state index in [2.05, 4.69) is 15.2 Å². The van der Waals surface area contributed by atoms with Crippen molar-refractivity contribution < 1.29 is 23.6 Å². The first-order valence-corrected chi connectivity index (χ1v) is 7.55. The Morgan fingerprint density at radius 3 is 2.56 bits per heavy atom. The quantitative estimate of drug-likeness (QED) is 0.513. The predicted molar refractivity (Wildman–Crippen MR) is 88.9 cm³/mol. The van der Waals surface area contributed by atoms with E-state index < -0.39 is 34.1 Å². The summed E-state index contributed by atoms with van der Waals surface area (Å²) in [4.78, 5) is 25.1. The molecule has 2 heterocycles. The normalized spacial score (nSPS) is 11.8. The Labute approximate surface area is 150 Å². The average Bonchev–Trinajstić information content (AvgIpc) is 3.04. The number of amides is 1. The third-order valence-corrected chi connectivity index (χ3v) is 3.72. The van der Waals surface area contributed by atoms with Crippen molar-refractivity contribution in [2.24, 2.45) is 0 Å². The Hall–Kier alpha value is -3.89. The fourth-order valence-electron chi connectivity index (χ4n) is 2.62. The molecule has 2 N–H and O–H groups in total.